The van der Waals surface area contributed by atoms with Gasteiger partial charge in [-0.2, -0.15) is 13.2 Å². The lowest BCUT2D eigenvalue weighted by atomic mass is 9.83. The fourth-order valence-electron chi connectivity index (χ4n) is 2.69. The van der Waals surface area contributed by atoms with Crippen LogP contribution in [-0.2, 0) is 4.79 Å². The van der Waals surface area contributed by atoms with Gasteiger partial charge in [0.1, 0.15) is 0 Å². The van der Waals surface area contributed by atoms with E-state index in [9.17, 15) is 18.0 Å². The van der Waals surface area contributed by atoms with Crippen molar-refractivity contribution in [1.29, 1.82) is 0 Å². The molecular weight excluding hydrogens is 247 g/mol. The average molecular weight is 267 g/mol. The summed E-state index contributed by atoms with van der Waals surface area (Å²) in [6, 6.07) is -0.811. The minimum absolute atomic E-state index is 0.309. The van der Waals surface area contributed by atoms with E-state index in [0.717, 1.165) is 12.8 Å². The highest BCUT2D eigenvalue weighted by molar-refractivity contribution is 5.71. The van der Waals surface area contributed by atoms with Crippen molar-refractivity contribution in [2.45, 2.75) is 57.8 Å². The first-order valence-corrected chi connectivity index (χ1v) is 6.27. The summed E-state index contributed by atoms with van der Waals surface area (Å²) in [5.41, 5.74) is 0. The maximum absolute atomic E-state index is 12.6. The highest BCUT2D eigenvalue weighted by Gasteiger charge is 2.41. The first-order valence-electron chi connectivity index (χ1n) is 6.27. The van der Waals surface area contributed by atoms with E-state index in [1.54, 1.807) is 13.8 Å². The van der Waals surface area contributed by atoms with Gasteiger partial charge >= 0.3 is 12.1 Å². The van der Waals surface area contributed by atoms with Gasteiger partial charge in [-0.25, -0.2) is 0 Å². The number of alkyl halides is 3. The molecule has 1 rings (SSSR count). The number of carboxylic acids is 1. The van der Waals surface area contributed by atoms with Crippen molar-refractivity contribution in [2.75, 3.05) is 6.54 Å². The van der Waals surface area contributed by atoms with Crippen LogP contribution in [-0.4, -0.2) is 40.8 Å². The van der Waals surface area contributed by atoms with Gasteiger partial charge in [0.2, 0.25) is 0 Å². The fraction of sp³-hybridized carbons (Fsp3) is 0.917. The molecule has 6 heteroatoms. The van der Waals surface area contributed by atoms with Crippen LogP contribution in [0.2, 0.25) is 0 Å². The molecule has 18 heavy (non-hydrogen) atoms. The number of aliphatic carboxylic acids is 1. The Morgan fingerprint density at radius 3 is 2.33 bits per heavy atom. The van der Waals surface area contributed by atoms with Crippen molar-refractivity contribution in [3.05, 3.63) is 0 Å². The summed E-state index contributed by atoms with van der Waals surface area (Å²) in [6.07, 6.45) is -1.70. The third-order valence-electron chi connectivity index (χ3n) is 3.50. The second-order valence-corrected chi connectivity index (χ2v) is 5.18. The molecule has 0 aliphatic heterocycles. The number of carboxylic acid groups (broad SMARTS) is 1. The molecule has 1 aliphatic carbocycles. The maximum atomic E-state index is 12.6. The maximum Gasteiger partial charge on any atom is 0.401 e. The summed E-state index contributed by atoms with van der Waals surface area (Å²) in [6.45, 7) is 2.33. The molecule has 0 bridgehead atoms. The van der Waals surface area contributed by atoms with Crippen LogP contribution >= 0.6 is 0 Å². The lowest BCUT2D eigenvalue weighted by Gasteiger charge is -2.40. The van der Waals surface area contributed by atoms with E-state index in [-0.39, 0.29) is 6.04 Å². The molecule has 2 unspecified atom stereocenters. The van der Waals surface area contributed by atoms with Gasteiger partial charge in [-0.3, -0.25) is 9.69 Å². The lowest BCUT2D eigenvalue weighted by Crippen LogP contribution is -2.51. The Hall–Kier alpha value is -0.780. The van der Waals surface area contributed by atoms with Crippen molar-refractivity contribution in [3.8, 4) is 0 Å². The normalized spacial score (nSPS) is 25.7. The number of rotatable bonds is 4. The van der Waals surface area contributed by atoms with Gasteiger partial charge in [0.25, 0.3) is 0 Å². The van der Waals surface area contributed by atoms with Crippen molar-refractivity contribution >= 4 is 5.97 Å². The Morgan fingerprint density at radius 2 is 1.89 bits per heavy atom. The third-order valence-corrected chi connectivity index (χ3v) is 3.50. The smallest absolute Gasteiger partial charge is 0.401 e. The second-order valence-electron chi connectivity index (χ2n) is 5.18. The van der Waals surface area contributed by atoms with Crippen LogP contribution in [0.3, 0.4) is 0 Å². The Morgan fingerprint density at radius 1 is 1.33 bits per heavy atom. The molecule has 2 atom stereocenters. The summed E-state index contributed by atoms with van der Waals surface area (Å²) >= 11 is 0. The zero-order chi connectivity index (χ0) is 13.9. The molecular formula is C12H20F3NO2. The van der Waals surface area contributed by atoms with E-state index in [2.05, 4.69) is 0 Å². The molecule has 1 N–H and O–H groups in total. The summed E-state index contributed by atoms with van der Waals surface area (Å²) in [5, 5.41) is 9.13. The molecule has 1 saturated carbocycles. The van der Waals surface area contributed by atoms with Gasteiger partial charge < -0.3 is 5.11 Å². The highest BCUT2D eigenvalue weighted by atomic mass is 19.4. The molecule has 0 saturated heterocycles. The number of carbonyl (C=O) groups is 1. The topological polar surface area (TPSA) is 40.5 Å². The third kappa shape index (κ3) is 4.15. The van der Waals surface area contributed by atoms with Crippen molar-refractivity contribution in [3.63, 3.8) is 0 Å². The summed E-state index contributed by atoms with van der Waals surface area (Å²) in [7, 11) is 0. The zero-order valence-corrected chi connectivity index (χ0v) is 10.7. The van der Waals surface area contributed by atoms with Crippen LogP contribution < -0.4 is 0 Å². The standard InChI is InChI=1S/C12H20F3NO2/c1-8(2)16(7-12(13,14)15)10-6-4-3-5-9(10)11(17)18/h8-10H,3-7H2,1-2H3,(H,17,18). The Kier molecular flexibility index (Phi) is 5.01. The van der Waals surface area contributed by atoms with E-state index >= 15 is 0 Å². The summed E-state index contributed by atoms with van der Waals surface area (Å²) < 4.78 is 37.7. The second kappa shape index (κ2) is 5.91. The number of nitrogens with zero attached hydrogens (tertiary/aromatic N) is 1. The molecule has 0 amide bonds. The molecule has 0 aromatic carbocycles. The van der Waals surface area contributed by atoms with Gasteiger partial charge in [-0.15, -0.1) is 0 Å². The highest BCUT2D eigenvalue weighted by Crippen LogP contribution is 2.32. The van der Waals surface area contributed by atoms with E-state index in [1.165, 1.54) is 4.90 Å². The van der Waals surface area contributed by atoms with Gasteiger partial charge in [0.15, 0.2) is 0 Å². The zero-order valence-electron chi connectivity index (χ0n) is 10.7. The van der Waals surface area contributed by atoms with Gasteiger partial charge in [0.05, 0.1) is 12.5 Å². The molecule has 0 spiro atoms. The monoisotopic (exact) mass is 267 g/mol. The minimum Gasteiger partial charge on any atom is -0.481 e. The van der Waals surface area contributed by atoms with Gasteiger partial charge in [-0.1, -0.05) is 12.8 Å². The fourth-order valence-corrected chi connectivity index (χ4v) is 2.69. The van der Waals surface area contributed by atoms with Crippen molar-refractivity contribution in [2.24, 2.45) is 5.92 Å². The molecule has 0 heterocycles. The van der Waals surface area contributed by atoms with E-state index in [4.69, 9.17) is 5.11 Å². The minimum atomic E-state index is -4.29. The first kappa shape index (κ1) is 15.3. The summed E-state index contributed by atoms with van der Waals surface area (Å²) in [5.74, 6) is -1.66. The molecule has 106 valence electrons. The van der Waals surface area contributed by atoms with Crippen molar-refractivity contribution < 1.29 is 23.1 Å². The Balaban J connectivity index is 2.85. The average Bonchev–Trinajstić information content (AvgIpc) is 2.24. The first-order chi connectivity index (χ1) is 8.22. The van der Waals surface area contributed by atoms with Gasteiger partial charge in [0, 0.05) is 12.1 Å². The Bertz CT molecular complexity index is 292. The predicted octanol–water partition coefficient (Wildman–Crippen LogP) is 2.90. The summed E-state index contributed by atoms with van der Waals surface area (Å²) in [4.78, 5) is 12.4. The van der Waals surface area contributed by atoms with Crippen LogP contribution in [0.4, 0.5) is 13.2 Å². The number of hydrogen-bond donors (Lipinski definition) is 1. The van der Waals surface area contributed by atoms with Gasteiger partial charge in [-0.05, 0) is 26.7 Å². The SMILES string of the molecule is CC(C)N(CC(F)(F)F)C1CCCCC1C(=O)O. The van der Waals surface area contributed by atoms with Crippen LogP contribution in [0.25, 0.3) is 0 Å². The van der Waals surface area contributed by atoms with Crippen LogP contribution in [0.5, 0.6) is 0 Å². The number of halogens is 3. The van der Waals surface area contributed by atoms with Crippen LogP contribution in [0.1, 0.15) is 39.5 Å². The Labute approximate surface area is 105 Å². The molecule has 0 aromatic heterocycles. The largest absolute Gasteiger partial charge is 0.481 e. The quantitative estimate of drug-likeness (QED) is 0.851. The number of hydrogen-bond acceptors (Lipinski definition) is 2. The molecule has 0 aromatic rings. The van der Waals surface area contributed by atoms with Crippen LogP contribution in [0.15, 0.2) is 0 Å². The van der Waals surface area contributed by atoms with E-state index < -0.39 is 30.7 Å². The van der Waals surface area contributed by atoms with Crippen LogP contribution in [0, 0.1) is 5.92 Å². The lowest BCUT2D eigenvalue weighted by molar-refractivity contribution is -0.166. The van der Waals surface area contributed by atoms with Crippen molar-refractivity contribution in [1.82, 2.24) is 4.90 Å². The van der Waals surface area contributed by atoms with E-state index in [0.29, 0.717) is 12.8 Å². The molecule has 1 aliphatic rings. The molecule has 0 radical (unpaired) electrons. The molecule has 3 nitrogen and oxygen atoms in total. The predicted molar refractivity (Wildman–Crippen MR) is 61.3 cm³/mol. The molecule has 1 fully saturated rings. The van der Waals surface area contributed by atoms with E-state index in [1.807, 2.05) is 0 Å².